The van der Waals surface area contributed by atoms with Crippen LogP contribution in [0.5, 0.6) is 0 Å². The summed E-state index contributed by atoms with van der Waals surface area (Å²) in [5.41, 5.74) is -1.33. The molecule has 1 aromatic rings. The van der Waals surface area contributed by atoms with Gasteiger partial charge in [0.15, 0.2) is 5.54 Å². The van der Waals surface area contributed by atoms with Gasteiger partial charge < -0.3 is 20.1 Å². The van der Waals surface area contributed by atoms with Gasteiger partial charge in [-0.05, 0) is 12.1 Å². The van der Waals surface area contributed by atoms with Gasteiger partial charge in [-0.15, -0.1) is 0 Å². The Labute approximate surface area is 137 Å². The first-order valence-electron chi connectivity index (χ1n) is 7.61. The van der Waals surface area contributed by atoms with Crippen molar-refractivity contribution in [3.8, 4) is 0 Å². The van der Waals surface area contributed by atoms with Gasteiger partial charge in [0.2, 0.25) is 11.8 Å². The van der Waals surface area contributed by atoms with E-state index in [9.17, 15) is 23.9 Å². The SMILES string of the molecule is O=C(NC1(C(=O)O)CCOC1)C1CC(=O)N(c2ccccc2F)C1. The van der Waals surface area contributed by atoms with Crippen LogP contribution in [-0.2, 0) is 19.1 Å². The van der Waals surface area contributed by atoms with Crippen molar-refractivity contribution >= 4 is 23.5 Å². The molecule has 2 N–H and O–H groups in total. The third-order valence-corrected chi connectivity index (χ3v) is 4.43. The molecule has 2 fully saturated rings. The summed E-state index contributed by atoms with van der Waals surface area (Å²) in [5.74, 6) is -3.34. The van der Waals surface area contributed by atoms with E-state index in [4.69, 9.17) is 4.74 Å². The zero-order valence-electron chi connectivity index (χ0n) is 12.8. The average Bonchev–Trinajstić information content (AvgIpc) is 3.16. The van der Waals surface area contributed by atoms with Crippen LogP contribution in [0.1, 0.15) is 12.8 Å². The number of benzene rings is 1. The highest BCUT2D eigenvalue weighted by Gasteiger charge is 2.46. The number of amides is 2. The molecule has 0 radical (unpaired) electrons. The Kier molecular flexibility index (Phi) is 4.23. The minimum Gasteiger partial charge on any atom is -0.479 e. The first-order valence-corrected chi connectivity index (χ1v) is 7.61. The lowest BCUT2D eigenvalue weighted by atomic mass is 9.97. The van der Waals surface area contributed by atoms with Crippen LogP contribution < -0.4 is 10.2 Å². The summed E-state index contributed by atoms with van der Waals surface area (Å²) in [6, 6.07) is 5.83. The second kappa shape index (κ2) is 6.20. The summed E-state index contributed by atoms with van der Waals surface area (Å²) in [5, 5.41) is 11.9. The number of carbonyl (C=O) groups is 3. The molecular formula is C16H17FN2O5. The number of carboxylic acids is 1. The Morgan fingerprint density at radius 3 is 2.75 bits per heavy atom. The van der Waals surface area contributed by atoms with Crippen molar-refractivity contribution in [1.82, 2.24) is 5.32 Å². The molecule has 24 heavy (non-hydrogen) atoms. The van der Waals surface area contributed by atoms with Gasteiger partial charge in [-0.2, -0.15) is 0 Å². The highest BCUT2D eigenvalue weighted by atomic mass is 19.1. The number of nitrogens with one attached hydrogen (secondary N) is 1. The largest absolute Gasteiger partial charge is 0.479 e. The van der Waals surface area contributed by atoms with Crippen molar-refractivity contribution in [2.45, 2.75) is 18.4 Å². The normalized spacial score (nSPS) is 26.6. The van der Waals surface area contributed by atoms with E-state index in [1.807, 2.05) is 0 Å². The molecule has 128 valence electrons. The minimum absolute atomic E-state index is 0.0160. The number of rotatable bonds is 4. The van der Waals surface area contributed by atoms with Gasteiger partial charge in [0.05, 0.1) is 18.2 Å². The van der Waals surface area contributed by atoms with Gasteiger partial charge in [0.1, 0.15) is 5.82 Å². The summed E-state index contributed by atoms with van der Waals surface area (Å²) >= 11 is 0. The van der Waals surface area contributed by atoms with Gasteiger partial charge in [-0.1, -0.05) is 12.1 Å². The van der Waals surface area contributed by atoms with Crippen molar-refractivity contribution < 1.29 is 28.6 Å². The third-order valence-electron chi connectivity index (χ3n) is 4.43. The zero-order chi connectivity index (χ0) is 17.3. The van der Waals surface area contributed by atoms with E-state index in [0.29, 0.717) is 0 Å². The Hall–Kier alpha value is -2.48. The minimum atomic E-state index is -1.45. The number of anilines is 1. The van der Waals surface area contributed by atoms with Crippen LogP contribution in [0.15, 0.2) is 24.3 Å². The monoisotopic (exact) mass is 336 g/mol. The number of hydrogen-bond donors (Lipinski definition) is 2. The Morgan fingerprint density at radius 1 is 1.38 bits per heavy atom. The predicted octanol–water partition coefficient (Wildman–Crippen LogP) is 0.538. The molecule has 2 aliphatic heterocycles. The molecule has 0 saturated carbocycles. The van der Waals surface area contributed by atoms with Crippen LogP contribution in [0.2, 0.25) is 0 Å². The number of carbonyl (C=O) groups excluding carboxylic acids is 2. The first-order chi connectivity index (χ1) is 11.4. The molecule has 0 spiro atoms. The van der Waals surface area contributed by atoms with E-state index in [1.165, 1.54) is 23.1 Å². The maximum absolute atomic E-state index is 13.8. The molecule has 0 aromatic heterocycles. The second-order valence-corrected chi connectivity index (χ2v) is 6.04. The topological polar surface area (TPSA) is 95.9 Å². The van der Waals surface area contributed by atoms with Crippen LogP contribution in [0, 0.1) is 11.7 Å². The molecule has 2 amide bonds. The van der Waals surface area contributed by atoms with E-state index in [2.05, 4.69) is 5.32 Å². The molecule has 1 aromatic carbocycles. The van der Waals surface area contributed by atoms with Crippen molar-refractivity contribution in [2.75, 3.05) is 24.7 Å². The molecule has 0 bridgehead atoms. The maximum Gasteiger partial charge on any atom is 0.331 e. The van der Waals surface area contributed by atoms with Gasteiger partial charge >= 0.3 is 5.97 Å². The van der Waals surface area contributed by atoms with Gasteiger partial charge in [0.25, 0.3) is 0 Å². The number of halogens is 1. The third kappa shape index (κ3) is 2.84. The standard InChI is InChI=1S/C16H17FN2O5/c17-11-3-1-2-4-12(11)19-8-10(7-13(19)20)14(21)18-16(15(22)23)5-6-24-9-16/h1-4,10H,5-9H2,(H,18,21)(H,22,23). The van der Waals surface area contributed by atoms with Crippen LogP contribution >= 0.6 is 0 Å². The van der Waals surface area contributed by atoms with Crippen LogP contribution in [0.3, 0.4) is 0 Å². The van der Waals surface area contributed by atoms with Crippen LogP contribution in [0.25, 0.3) is 0 Å². The Bertz CT molecular complexity index is 687. The Morgan fingerprint density at radius 2 is 2.12 bits per heavy atom. The maximum atomic E-state index is 13.8. The van der Waals surface area contributed by atoms with Crippen molar-refractivity contribution in [1.29, 1.82) is 0 Å². The number of nitrogens with zero attached hydrogens (tertiary/aromatic N) is 1. The summed E-state index contributed by atoms with van der Waals surface area (Å²) in [6.45, 7) is 0.158. The number of carboxylic acid groups (broad SMARTS) is 1. The molecule has 2 heterocycles. The molecule has 3 rings (SSSR count). The summed E-state index contributed by atoms with van der Waals surface area (Å²) < 4.78 is 18.9. The molecular weight excluding hydrogens is 319 g/mol. The van der Waals surface area contributed by atoms with Crippen molar-refractivity contribution in [2.24, 2.45) is 5.92 Å². The molecule has 7 nitrogen and oxygen atoms in total. The molecule has 0 aliphatic carbocycles. The van der Waals surface area contributed by atoms with Crippen LogP contribution in [0.4, 0.5) is 10.1 Å². The molecule has 2 aliphatic rings. The van der Waals surface area contributed by atoms with E-state index >= 15 is 0 Å². The number of ether oxygens (including phenoxy) is 1. The first kappa shape index (κ1) is 16.4. The molecule has 2 atom stereocenters. The highest BCUT2D eigenvalue weighted by molar-refractivity contribution is 6.01. The van der Waals surface area contributed by atoms with E-state index in [1.54, 1.807) is 6.07 Å². The van der Waals surface area contributed by atoms with Crippen molar-refractivity contribution in [3.05, 3.63) is 30.1 Å². The van der Waals surface area contributed by atoms with Crippen LogP contribution in [-0.4, -0.2) is 48.2 Å². The molecule has 2 saturated heterocycles. The zero-order valence-corrected chi connectivity index (χ0v) is 12.8. The number of para-hydroxylation sites is 1. The van der Waals surface area contributed by atoms with Gasteiger partial charge in [-0.3, -0.25) is 9.59 Å². The lowest BCUT2D eigenvalue weighted by Gasteiger charge is -2.25. The Balaban J connectivity index is 1.73. The summed E-state index contributed by atoms with van der Waals surface area (Å²) in [7, 11) is 0. The van der Waals surface area contributed by atoms with Gasteiger partial charge in [0, 0.05) is 26.0 Å². The van der Waals surface area contributed by atoms with E-state index in [0.717, 1.165) is 0 Å². The molecule has 2 unspecified atom stereocenters. The smallest absolute Gasteiger partial charge is 0.331 e. The quantitative estimate of drug-likeness (QED) is 0.837. The number of aliphatic carboxylic acids is 1. The highest BCUT2D eigenvalue weighted by Crippen LogP contribution is 2.28. The fourth-order valence-electron chi connectivity index (χ4n) is 3.01. The predicted molar refractivity (Wildman–Crippen MR) is 80.8 cm³/mol. The summed E-state index contributed by atoms with van der Waals surface area (Å²) in [6.07, 6.45) is 0.0858. The summed E-state index contributed by atoms with van der Waals surface area (Å²) in [4.78, 5) is 37.2. The lowest BCUT2D eigenvalue weighted by molar-refractivity contribution is -0.148. The molecule has 8 heteroatoms. The van der Waals surface area contributed by atoms with E-state index < -0.39 is 29.2 Å². The van der Waals surface area contributed by atoms with Gasteiger partial charge in [-0.25, -0.2) is 9.18 Å². The van der Waals surface area contributed by atoms with Crippen molar-refractivity contribution in [3.63, 3.8) is 0 Å². The second-order valence-electron chi connectivity index (χ2n) is 6.04. The van der Waals surface area contributed by atoms with E-state index in [-0.39, 0.29) is 44.2 Å². The fourth-order valence-corrected chi connectivity index (χ4v) is 3.01. The lowest BCUT2D eigenvalue weighted by Crippen LogP contribution is -2.56. The fraction of sp³-hybridized carbons (Fsp3) is 0.438. The number of hydrogen-bond acceptors (Lipinski definition) is 4. The average molecular weight is 336 g/mol.